The van der Waals surface area contributed by atoms with E-state index in [2.05, 4.69) is 0 Å². The number of benzene rings is 1. The number of rotatable bonds is 8. The fourth-order valence-corrected chi connectivity index (χ4v) is 2.48. The van der Waals surface area contributed by atoms with Crippen molar-refractivity contribution in [1.29, 1.82) is 0 Å². The molecule has 0 saturated carbocycles. The molecule has 0 amide bonds. The van der Waals surface area contributed by atoms with E-state index >= 15 is 0 Å². The molecule has 0 spiro atoms. The number of nitrogens with two attached hydrogens (primary N) is 1. The number of methoxy groups -OCH3 is 1. The van der Waals surface area contributed by atoms with E-state index in [4.69, 9.17) is 15.2 Å². The Kier molecular flexibility index (Phi) is 6.29. The highest BCUT2D eigenvalue weighted by Gasteiger charge is 2.08. The molecule has 0 aromatic heterocycles. The summed E-state index contributed by atoms with van der Waals surface area (Å²) >= 11 is 0. The molecule has 0 aliphatic rings. The Hall–Kier alpha value is -1.27. The van der Waals surface area contributed by atoms with Crippen LogP contribution in [0.15, 0.2) is 18.2 Å². The van der Waals surface area contributed by atoms with Crippen molar-refractivity contribution in [3.8, 4) is 11.5 Å². The highest BCUT2D eigenvalue weighted by molar-refractivity contribution is 7.90. The van der Waals surface area contributed by atoms with Crippen LogP contribution in [0.5, 0.6) is 11.5 Å². The Morgan fingerprint density at radius 1 is 1.30 bits per heavy atom. The van der Waals surface area contributed by atoms with Crippen molar-refractivity contribution in [2.75, 3.05) is 25.7 Å². The third kappa shape index (κ3) is 6.25. The highest BCUT2D eigenvalue weighted by atomic mass is 32.2. The molecule has 0 radical (unpaired) electrons. The van der Waals surface area contributed by atoms with Crippen LogP contribution in [-0.2, 0) is 16.3 Å². The summed E-state index contributed by atoms with van der Waals surface area (Å²) < 4.78 is 32.9. The van der Waals surface area contributed by atoms with Gasteiger partial charge in [0.1, 0.15) is 9.84 Å². The first kappa shape index (κ1) is 16.8. The maximum Gasteiger partial charge on any atom is 0.161 e. The van der Waals surface area contributed by atoms with Crippen molar-refractivity contribution in [3.05, 3.63) is 23.8 Å². The molecule has 6 heteroatoms. The standard InChI is InChI=1S/C14H23NO4S/c1-11(15)9-12-5-6-13(18-2)14(10-12)19-7-4-8-20(3,16)17/h5-6,10-11H,4,7-9,15H2,1-3H3. The van der Waals surface area contributed by atoms with Crippen LogP contribution in [-0.4, -0.2) is 40.2 Å². The van der Waals surface area contributed by atoms with Gasteiger partial charge in [-0.2, -0.15) is 0 Å². The topological polar surface area (TPSA) is 78.6 Å². The van der Waals surface area contributed by atoms with Crippen molar-refractivity contribution in [3.63, 3.8) is 0 Å². The first-order valence-electron chi connectivity index (χ1n) is 6.55. The van der Waals surface area contributed by atoms with E-state index in [0.29, 0.717) is 24.5 Å². The Labute approximate surface area is 121 Å². The average molecular weight is 301 g/mol. The molecule has 1 aromatic rings. The fourth-order valence-electron chi connectivity index (χ4n) is 1.84. The predicted octanol–water partition coefficient (Wildman–Crippen LogP) is 1.40. The van der Waals surface area contributed by atoms with E-state index in [-0.39, 0.29) is 11.8 Å². The van der Waals surface area contributed by atoms with Crippen molar-refractivity contribution in [2.24, 2.45) is 5.73 Å². The van der Waals surface area contributed by atoms with E-state index in [1.807, 2.05) is 25.1 Å². The minimum Gasteiger partial charge on any atom is -0.493 e. The summed E-state index contributed by atoms with van der Waals surface area (Å²) in [4.78, 5) is 0. The number of ether oxygens (including phenoxy) is 2. The van der Waals surface area contributed by atoms with Crippen LogP contribution in [0.2, 0.25) is 0 Å². The molecule has 0 aliphatic heterocycles. The first-order valence-corrected chi connectivity index (χ1v) is 8.61. The van der Waals surface area contributed by atoms with Gasteiger partial charge in [-0.3, -0.25) is 0 Å². The molecular formula is C14H23NO4S. The summed E-state index contributed by atoms with van der Waals surface area (Å²) in [6, 6.07) is 5.75. The fraction of sp³-hybridized carbons (Fsp3) is 0.571. The second kappa shape index (κ2) is 7.50. The molecule has 2 N–H and O–H groups in total. The second-order valence-electron chi connectivity index (χ2n) is 5.00. The molecule has 0 fully saturated rings. The SMILES string of the molecule is COc1ccc(CC(C)N)cc1OCCCS(C)(=O)=O. The van der Waals surface area contributed by atoms with Gasteiger partial charge in [0.2, 0.25) is 0 Å². The van der Waals surface area contributed by atoms with E-state index in [1.54, 1.807) is 7.11 Å². The number of hydrogen-bond donors (Lipinski definition) is 1. The molecule has 0 aliphatic carbocycles. The lowest BCUT2D eigenvalue weighted by Crippen LogP contribution is -2.17. The van der Waals surface area contributed by atoms with E-state index < -0.39 is 9.84 Å². The Morgan fingerprint density at radius 3 is 2.55 bits per heavy atom. The second-order valence-corrected chi connectivity index (χ2v) is 7.26. The summed E-state index contributed by atoms with van der Waals surface area (Å²) in [6.07, 6.45) is 2.43. The molecule has 1 rings (SSSR count). The lowest BCUT2D eigenvalue weighted by Gasteiger charge is -2.13. The van der Waals surface area contributed by atoms with Gasteiger partial charge in [-0.05, 0) is 37.5 Å². The van der Waals surface area contributed by atoms with E-state index in [9.17, 15) is 8.42 Å². The van der Waals surface area contributed by atoms with Crippen molar-refractivity contribution in [1.82, 2.24) is 0 Å². The lowest BCUT2D eigenvalue weighted by molar-refractivity contribution is 0.294. The first-order chi connectivity index (χ1) is 9.31. The minimum absolute atomic E-state index is 0.0708. The van der Waals surface area contributed by atoms with Crippen molar-refractivity contribution >= 4 is 9.84 Å². The van der Waals surface area contributed by atoms with Gasteiger partial charge in [0.15, 0.2) is 11.5 Å². The summed E-state index contributed by atoms with van der Waals surface area (Å²) in [5.41, 5.74) is 6.84. The maximum atomic E-state index is 11.0. The lowest BCUT2D eigenvalue weighted by atomic mass is 10.1. The monoisotopic (exact) mass is 301 g/mol. The molecule has 20 heavy (non-hydrogen) atoms. The zero-order valence-electron chi connectivity index (χ0n) is 12.3. The molecule has 1 atom stereocenters. The van der Waals surface area contributed by atoms with Crippen LogP contribution in [0.1, 0.15) is 18.9 Å². The molecule has 5 nitrogen and oxygen atoms in total. The van der Waals surface area contributed by atoms with Crippen LogP contribution in [0.25, 0.3) is 0 Å². The third-order valence-electron chi connectivity index (χ3n) is 2.70. The predicted molar refractivity (Wildman–Crippen MR) is 80.2 cm³/mol. The third-order valence-corrected chi connectivity index (χ3v) is 3.73. The number of hydrogen-bond acceptors (Lipinski definition) is 5. The zero-order valence-corrected chi connectivity index (χ0v) is 13.1. The van der Waals surface area contributed by atoms with Gasteiger partial charge in [-0.1, -0.05) is 6.07 Å². The quantitative estimate of drug-likeness (QED) is 0.734. The van der Waals surface area contributed by atoms with E-state index in [1.165, 1.54) is 6.26 Å². The van der Waals surface area contributed by atoms with Crippen molar-refractivity contribution < 1.29 is 17.9 Å². The molecule has 114 valence electrons. The largest absolute Gasteiger partial charge is 0.493 e. The average Bonchev–Trinajstić information content (AvgIpc) is 2.33. The molecular weight excluding hydrogens is 278 g/mol. The van der Waals surface area contributed by atoms with E-state index in [0.717, 1.165) is 12.0 Å². The Morgan fingerprint density at radius 2 is 2.00 bits per heavy atom. The minimum atomic E-state index is -2.95. The van der Waals surface area contributed by atoms with Crippen LogP contribution >= 0.6 is 0 Å². The maximum absolute atomic E-state index is 11.0. The van der Waals surface area contributed by atoms with Gasteiger partial charge >= 0.3 is 0 Å². The summed E-state index contributed by atoms with van der Waals surface area (Å²) in [6.45, 7) is 2.28. The molecule has 0 heterocycles. The Bertz CT molecular complexity index is 526. The van der Waals surface area contributed by atoms with Crippen LogP contribution in [0.3, 0.4) is 0 Å². The smallest absolute Gasteiger partial charge is 0.161 e. The van der Waals surface area contributed by atoms with Gasteiger partial charge in [-0.25, -0.2) is 8.42 Å². The van der Waals surface area contributed by atoms with Gasteiger partial charge < -0.3 is 15.2 Å². The van der Waals surface area contributed by atoms with Gasteiger partial charge in [0.25, 0.3) is 0 Å². The van der Waals surface area contributed by atoms with Crippen LogP contribution in [0.4, 0.5) is 0 Å². The van der Waals surface area contributed by atoms with Gasteiger partial charge in [0.05, 0.1) is 19.5 Å². The molecule has 1 unspecified atom stereocenters. The highest BCUT2D eigenvalue weighted by Crippen LogP contribution is 2.28. The normalized spacial score (nSPS) is 13.0. The Balaban J connectivity index is 2.66. The molecule has 1 aromatic carbocycles. The van der Waals surface area contributed by atoms with Crippen LogP contribution in [0, 0.1) is 0 Å². The summed E-state index contributed by atoms with van der Waals surface area (Å²) in [5, 5.41) is 0. The number of sulfone groups is 1. The summed E-state index contributed by atoms with van der Waals surface area (Å²) in [7, 11) is -1.37. The zero-order chi connectivity index (χ0) is 15.2. The van der Waals surface area contributed by atoms with Gasteiger partial charge in [0, 0.05) is 12.3 Å². The van der Waals surface area contributed by atoms with Gasteiger partial charge in [-0.15, -0.1) is 0 Å². The summed E-state index contributed by atoms with van der Waals surface area (Å²) in [5.74, 6) is 1.38. The van der Waals surface area contributed by atoms with Crippen molar-refractivity contribution in [2.45, 2.75) is 25.8 Å². The molecule has 0 saturated heterocycles. The molecule has 0 bridgehead atoms. The van der Waals surface area contributed by atoms with Crippen LogP contribution < -0.4 is 15.2 Å².